The lowest BCUT2D eigenvalue weighted by atomic mass is 9.98. The van der Waals surface area contributed by atoms with Gasteiger partial charge in [0, 0.05) is 58.6 Å². The van der Waals surface area contributed by atoms with Crippen molar-refractivity contribution in [3.05, 3.63) is 82.9 Å². The molecule has 0 bridgehead atoms. The summed E-state index contributed by atoms with van der Waals surface area (Å²) in [6, 6.07) is 19.0. The summed E-state index contributed by atoms with van der Waals surface area (Å²) in [7, 11) is 0. The Morgan fingerprint density at radius 1 is 0.905 bits per heavy atom. The molecule has 0 N–H and O–H groups in total. The fraction of sp³-hybridized carbons (Fsp3) is 0.371. The van der Waals surface area contributed by atoms with Crippen LogP contribution in [0.3, 0.4) is 0 Å². The lowest BCUT2D eigenvalue weighted by Gasteiger charge is -2.13. The molecular formula is C35H38N2O5. The van der Waals surface area contributed by atoms with E-state index in [0.29, 0.717) is 29.7 Å². The van der Waals surface area contributed by atoms with Gasteiger partial charge in [0.2, 0.25) is 5.78 Å². The lowest BCUT2D eigenvalue weighted by molar-refractivity contribution is -0.140. The predicted octanol–water partition coefficient (Wildman–Crippen LogP) is 7.59. The van der Waals surface area contributed by atoms with Gasteiger partial charge in [-0.2, -0.15) is 0 Å². The maximum Gasteiger partial charge on any atom is 0.331 e. The summed E-state index contributed by atoms with van der Waals surface area (Å²) >= 11 is 0. The second-order valence-corrected chi connectivity index (χ2v) is 11.2. The maximum atomic E-state index is 13.7. The van der Waals surface area contributed by atoms with Crippen molar-refractivity contribution in [2.45, 2.75) is 78.4 Å². The van der Waals surface area contributed by atoms with Gasteiger partial charge in [0.05, 0.1) is 6.10 Å². The zero-order chi connectivity index (χ0) is 29.6. The highest BCUT2D eigenvalue weighted by Crippen LogP contribution is 2.33. The molecule has 42 heavy (non-hydrogen) atoms. The first kappa shape index (κ1) is 29.4. The van der Waals surface area contributed by atoms with Crippen molar-refractivity contribution >= 4 is 45.1 Å². The van der Waals surface area contributed by atoms with Crippen molar-refractivity contribution in [2.75, 3.05) is 6.61 Å². The molecule has 7 nitrogen and oxygen atoms in total. The zero-order valence-corrected chi connectivity index (χ0v) is 24.7. The minimum absolute atomic E-state index is 0.0490. The topological polar surface area (TPSA) is 87.0 Å². The quantitative estimate of drug-likeness (QED) is 0.0580. The number of ether oxygens (including phenoxy) is 1. The van der Waals surface area contributed by atoms with Crippen LogP contribution in [0.2, 0.25) is 0 Å². The Hall–Kier alpha value is -4.10. The number of hydrogen-bond acceptors (Lipinski definition) is 6. The third kappa shape index (κ3) is 6.52. The Morgan fingerprint density at radius 2 is 1.57 bits per heavy atom. The van der Waals surface area contributed by atoms with Crippen molar-refractivity contribution in [3.63, 3.8) is 0 Å². The van der Waals surface area contributed by atoms with E-state index in [1.807, 2.05) is 67.6 Å². The number of ketones is 2. The van der Waals surface area contributed by atoms with Crippen LogP contribution in [0.4, 0.5) is 0 Å². The van der Waals surface area contributed by atoms with Crippen molar-refractivity contribution in [1.82, 2.24) is 4.57 Å². The fourth-order valence-electron chi connectivity index (χ4n) is 5.65. The number of aromatic nitrogens is 1. The average molecular weight is 567 g/mol. The molecule has 5 rings (SSSR count). The third-order valence-electron chi connectivity index (χ3n) is 7.93. The number of carbonyl (C=O) groups excluding carboxylic acids is 3. The molecule has 3 aromatic carbocycles. The Morgan fingerprint density at radius 3 is 2.21 bits per heavy atom. The molecule has 2 heterocycles. The maximum absolute atomic E-state index is 13.7. The standard InChI is InChI=1S/C35H38N2O5/c1-4-5-6-7-10-31(36-42-24(3)38)35(40)27-16-18-33-30(21-27)29-20-26(34(39)25-13-11-23(2)12-14-25)15-17-32(29)37(33)22-28-9-8-19-41-28/h11-18,20-21,28H,4-10,19,22H2,1-3H3/b36-31+. The highest BCUT2D eigenvalue weighted by Gasteiger charge is 2.22. The molecular weight excluding hydrogens is 528 g/mol. The van der Waals surface area contributed by atoms with Crippen LogP contribution in [0.5, 0.6) is 0 Å². The second-order valence-electron chi connectivity index (χ2n) is 11.2. The molecule has 4 aromatic rings. The van der Waals surface area contributed by atoms with Crippen molar-refractivity contribution in [3.8, 4) is 0 Å². The molecule has 0 spiro atoms. The number of hydrogen-bond donors (Lipinski definition) is 0. The molecule has 7 heteroatoms. The summed E-state index contributed by atoms with van der Waals surface area (Å²) in [5.41, 5.74) is 4.98. The van der Waals surface area contributed by atoms with Gasteiger partial charge < -0.3 is 14.1 Å². The van der Waals surface area contributed by atoms with Gasteiger partial charge in [-0.1, -0.05) is 61.2 Å². The van der Waals surface area contributed by atoms with Gasteiger partial charge in [-0.25, -0.2) is 4.79 Å². The Bertz CT molecular complexity index is 1640. The first-order valence-electron chi connectivity index (χ1n) is 14.9. The predicted molar refractivity (Wildman–Crippen MR) is 165 cm³/mol. The smallest absolute Gasteiger partial charge is 0.331 e. The summed E-state index contributed by atoms with van der Waals surface area (Å²) in [6.45, 7) is 6.85. The molecule has 218 valence electrons. The highest BCUT2D eigenvalue weighted by atomic mass is 16.7. The molecule has 1 aliphatic heterocycles. The number of Topliss-reactive ketones (excluding diaryl/α,β-unsaturated/α-hetero) is 1. The van der Waals surface area contributed by atoms with Gasteiger partial charge >= 0.3 is 5.97 Å². The second kappa shape index (κ2) is 13.3. The number of fused-ring (bicyclic) bond motifs is 3. The molecule has 1 aromatic heterocycles. The number of rotatable bonds is 12. The summed E-state index contributed by atoms with van der Waals surface area (Å²) in [4.78, 5) is 43.5. The van der Waals surface area contributed by atoms with Gasteiger partial charge in [-0.15, -0.1) is 0 Å². The third-order valence-corrected chi connectivity index (χ3v) is 7.93. The summed E-state index contributed by atoms with van der Waals surface area (Å²) in [6.07, 6.45) is 6.47. The van der Waals surface area contributed by atoms with Gasteiger partial charge in [0.15, 0.2) is 5.78 Å². The summed E-state index contributed by atoms with van der Waals surface area (Å²) in [5, 5.41) is 5.72. The number of carbonyl (C=O) groups is 3. The van der Waals surface area contributed by atoms with E-state index in [1.54, 1.807) is 0 Å². The van der Waals surface area contributed by atoms with Crippen LogP contribution in [0, 0.1) is 6.92 Å². The summed E-state index contributed by atoms with van der Waals surface area (Å²) < 4.78 is 8.19. The lowest BCUT2D eigenvalue weighted by Crippen LogP contribution is -2.16. The Balaban J connectivity index is 1.57. The summed E-state index contributed by atoms with van der Waals surface area (Å²) in [5.74, 6) is -0.874. The van der Waals surface area contributed by atoms with Gasteiger partial charge in [-0.05, 0) is 69.0 Å². The molecule has 1 aliphatic rings. The SMILES string of the molecule is CCCCCC/C(=N\OC(C)=O)C(=O)c1ccc2c(c1)c1cc(C(=O)c3ccc(C)cc3)ccc1n2CC1CCCO1. The van der Waals surface area contributed by atoms with Crippen LogP contribution in [-0.4, -0.2) is 40.5 Å². The molecule has 0 aliphatic carbocycles. The first-order chi connectivity index (χ1) is 20.4. The van der Waals surface area contributed by atoms with Crippen molar-refractivity contribution < 1.29 is 24.0 Å². The molecule has 0 amide bonds. The Kier molecular flexibility index (Phi) is 9.28. The van der Waals surface area contributed by atoms with Crippen LogP contribution in [0.25, 0.3) is 21.8 Å². The monoisotopic (exact) mass is 566 g/mol. The van der Waals surface area contributed by atoms with Crippen LogP contribution in [0.15, 0.2) is 65.8 Å². The van der Waals surface area contributed by atoms with E-state index in [4.69, 9.17) is 9.57 Å². The van der Waals surface area contributed by atoms with E-state index in [0.717, 1.165) is 72.5 Å². The number of aryl methyl sites for hydroxylation is 1. The first-order valence-corrected chi connectivity index (χ1v) is 14.9. The van der Waals surface area contributed by atoms with Crippen LogP contribution >= 0.6 is 0 Å². The molecule has 0 saturated carbocycles. The fourth-order valence-corrected chi connectivity index (χ4v) is 5.65. The van der Waals surface area contributed by atoms with Crippen LogP contribution < -0.4 is 0 Å². The average Bonchev–Trinajstić information content (AvgIpc) is 3.62. The minimum atomic E-state index is -0.563. The molecule has 0 radical (unpaired) electrons. The van der Waals surface area contributed by atoms with Crippen molar-refractivity contribution in [2.24, 2.45) is 5.16 Å². The largest absolute Gasteiger partial charge is 0.376 e. The van der Waals surface area contributed by atoms with Crippen LogP contribution in [0.1, 0.15) is 90.6 Å². The van der Waals surface area contributed by atoms with Gasteiger partial charge in [0.1, 0.15) is 5.71 Å². The van der Waals surface area contributed by atoms with E-state index >= 15 is 0 Å². The number of benzene rings is 3. The van der Waals surface area contributed by atoms with E-state index in [9.17, 15) is 14.4 Å². The molecule has 1 fully saturated rings. The zero-order valence-electron chi connectivity index (χ0n) is 24.7. The molecule has 1 saturated heterocycles. The number of oxime groups is 1. The van der Waals surface area contributed by atoms with Gasteiger partial charge in [-0.3, -0.25) is 9.59 Å². The van der Waals surface area contributed by atoms with E-state index in [-0.39, 0.29) is 23.4 Å². The Labute approximate surface area is 246 Å². The van der Waals surface area contributed by atoms with Gasteiger partial charge in [0.25, 0.3) is 0 Å². The highest BCUT2D eigenvalue weighted by molar-refractivity contribution is 6.46. The van der Waals surface area contributed by atoms with E-state index in [1.165, 1.54) is 6.92 Å². The number of nitrogens with zero attached hydrogens (tertiary/aromatic N) is 2. The molecule has 1 unspecified atom stereocenters. The normalized spacial score (nSPS) is 15.4. The van der Waals surface area contributed by atoms with E-state index in [2.05, 4.69) is 16.6 Å². The molecule has 1 atom stereocenters. The van der Waals surface area contributed by atoms with Crippen molar-refractivity contribution in [1.29, 1.82) is 0 Å². The minimum Gasteiger partial charge on any atom is -0.376 e. The van der Waals surface area contributed by atoms with E-state index < -0.39 is 5.97 Å². The van der Waals surface area contributed by atoms with Crippen LogP contribution in [-0.2, 0) is 20.9 Å². The number of unbranched alkanes of at least 4 members (excludes halogenated alkanes) is 3.